The third-order valence-electron chi connectivity index (χ3n) is 7.82. The van der Waals surface area contributed by atoms with Crippen LogP contribution < -0.4 is 10.1 Å². The first-order valence-electron chi connectivity index (χ1n) is 16.1. The van der Waals surface area contributed by atoms with Crippen molar-refractivity contribution in [2.75, 3.05) is 13.2 Å². The molecule has 2 atom stereocenters. The number of rotatable bonds is 13. The highest BCUT2D eigenvalue weighted by Gasteiger charge is 2.53. The third kappa shape index (κ3) is 8.66. The lowest BCUT2D eigenvalue weighted by atomic mass is 9.83. The van der Waals surface area contributed by atoms with Gasteiger partial charge in [0, 0.05) is 31.6 Å². The molecule has 1 heterocycles. The zero-order valence-corrected chi connectivity index (χ0v) is 27.4. The second-order valence-electron chi connectivity index (χ2n) is 12.7. The largest absolute Gasteiger partial charge is 0.494 e. The van der Waals surface area contributed by atoms with Crippen molar-refractivity contribution in [3.63, 3.8) is 0 Å². The fourth-order valence-corrected chi connectivity index (χ4v) is 5.52. The Morgan fingerprint density at radius 1 is 0.917 bits per heavy atom. The molecule has 5 rings (SSSR count). The first kappa shape index (κ1) is 34.3. The van der Waals surface area contributed by atoms with E-state index < -0.39 is 34.9 Å². The van der Waals surface area contributed by atoms with Crippen LogP contribution in [-0.4, -0.2) is 47.2 Å². The van der Waals surface area contributed by atoms with E-state index in [-0.39, 0.29) is 31.9 Å². The molecule has 2 N–H and O–H groups in total. The van der Waals surface area contributed by atoms with Crippen molar-refractivity contribution >= 4 is 17.8 Å². The zero-order chi connectivity index (χ0) is 34.1. The summed E-state index contributed by atoms with van der Waals surface area (Å²) in [5, 5.41) is 12.0. The summed E-state index contributed by atoms with van der Waals surface area (Å²) in [5.74, 6) is -0.495. The number of amides is 1. The van der Waals surface area contributed by atoms with Crippen LogP contribution in [0.1, 0.15) is 62.8 Å². The van der Waals surface area contributed by atoms with E-state index in [1.807, 2.05) is 54.6 Å². The van der Waals surface area contributed by atoms with Crippen LogP contribution in [0.25, 0.3) is 11.1 Å². The molecule has 0 radical (unpaired) electrons. The van der Waals surface area contributed by atoms with Crippen LogP contribution in [0.2, 0.25) is 0 Å². The average molecular weight is 653 g/mol. The zero-order valence-electron chi connectivity index (χ0n) is 27.4. The molecular formula is C39H41FN2O6. The van der Waals surface area contributed by atoms with Crippen molar-refractivity contribution in [2.45, 2.75) is 63.8 Å². The SMILES string of the molecule is CC(C)(C)OC(=O)CC[C@@]1(C(=O)NCc2cccc(F)c2)N=C(c2ccc(OCCCO)cc2)O[C@@H]1c1ccc(-c2ccccc2)cc1. The van der Waals surface area contributed by atoms with Crippen LogP contribution in [0.4, 0.5) is 4.39 Å². The minimum atomic E-state index is -1.57. The molecule has 0 unspecified atom stereocenters. The first-order valence-corrected chi connectivity index (χ1v) is 16.1. The number of ether oxygens (including phenoxy) is 3. The maximum Gasteiger partial charge on any atom is 0.306 e. The van der Waals surface area contributed by atoms with Gasteiger partial charge in [-0.2, -0.15) is 0 Å². The molecule has 0 bridgehead atoms. The summed E-state index contributed by atoms with van der Waals surface area (Å²) in [6, 6.07) is 30.8. The summed E-state index contributed by atoms with van der Waals surface area (Å²) in [4.78, 5) is 32.4. The number of nitrogens with one attached hydrogen (secondary N) is 1. The highest BCUT2D eigenvalue weighted by atomic mass is 19.1. The number of aliphatic hydroxyl groups is 1. The molecule has 0 aromatic heterocycles. The summed E-state index contributed by atoms with van der Waals surface area (Å²) < 4.78 is 31.8. The van der Waals surface area contributed by atoms with Gasteiger partial charge in [0.15, 0.2) is 11.6 Å². The lowest BCUT2D eigenvalue weighted by Gasteiger charge is -2.31. The smallest absolute Gasteiger partial charge is 0.306 e. The number of hydrogen-bond donors (Lipinski definition) is 2. The number of benzene rings is 4. The van der Waals surface area contributed by atoms with Crippen molar-refractivity contribution in [3.8, 4) is 16.9 Å². The number of esters is 1. The summed E-state index contributed by atoms with van der Waals surface area (Å²) in [6.07, 6.45) is -0.491. The van der Waals surface area contributed by atoms with Gasteiger partial charge in [-0.15, -0.1) is 0 Å². The van der Waals surface area contributed by atoms with E-state index in [9.17, 15) is 14.0 Å². The molecule has 1 amide bonds. The van der Waals surface area contributed by atoms with Crippen LogP contribution in [0, 0.1) is 5.82 Å². The quantitative estimate of drug-likeness (QED) is 0.120. The van der Waals surface area contributed by atoms with Crippen molar-refractivity contribution in [2.24, 2.45) is 4.99 Å². The molecule has 8 nitrogen and oxygen atoms in total. The Kier molecular flexibility index (Phi) is 10.9. The van der Waals surface area contributed by atoms with Crippen LogP contribution in [0.15, 0.2) is 108 Å². The average Bonchev–Trinajstić information content (AvgIpc) is 3.47. The second-order valence-corrected chi connectivity index (χ2v) is 12.7. The normalized spacial score (nSPS) is 17.3. The molecule has 0 saturated heterocycles. The van der Waals surface area contributed by atoms with Gasteiger partial charge in [0.2, 0.25) is 5.90 Å². The van der Waals surface area contributed by atoms with Gasteiger partial charge in [-0.05, 0) is 85.8 Å². The third-order valence-corrected chi connectivity index (χ3v) is 7.82. The summed E-state index contributed by atoms with van der Waals surface area (Å²) in [5.41, 5.74) is 1.65. The minimum absolute atomic E-state index is 0.00610. The van der Waals surface area contributed by atoms with Crippen molar-refractivity contribution in [3.05, 3.63) is 126 Å². The van der Waals surface area contributed by atoms with Gasteiger partial charge >= 0.3 is 5.97 Å². The summed E-state index contributed by atoms with van der Waals surface area (Å²) in [6.45, 7) is 5.81. The van der Waals surface area contributed by atoms with Crippen molar-refractivity contribution in [1.82, 2.24) is 5.32 Å². The molecule has 1 aliphatic rings. The van der Waals surface area contributed by atoms with E-state index in [1.54, 1.807) is 57.2 Å². The molecule has 250 valence electrons. The highest BCUT2D eigenvalue weighted by molar-refractivity contribution is 6.01. The highest BCUT2D eigenvalue weighted by Crippen LogP contribution is 2.44. The van der Waals surface area contributed by atoms with E-state index in [0.717, 1.165) is 11.1 Å². The number of aliphatic hydroxyl groups excluding tert-OH is 1. The fraction of sp³-hybridized carbons (Fsp3) is 0.308. The van der Waals surface area contributed by atoms with Gasteiger partial charge in [-0.25, -0.2) is 9.38 Å². The first-order chi connectivity index (χ1) is 23.1. The number of hydrogen-bond acceptors (Lipinski definition) is 7. The predicted octanol–water partition coefficient (Wildman–Crippen LogP) is 6.95. The van der Waals surface area contributed by atoms with Gasteiger partial charge in [0.05, 0.1) is 6.61 Å². The molecule has 4 aromatic carbocycles. The Bertz CT molecular complexity index is 1720. The number of aliphatic imine (C=N–C) groups is 1. The van der Waals surface area contributed by atoms with E-state index in [0.29, 0.717) is 35.5 Å². The van der Waals surface area contributed by atoms with E-state index in [4.69, 9.17) is 24.3 Å². The fourth-order valence-electron chi connectivity index (χ4n) is 5.52. The van der Waals surface area contributed by atoms with Crippen molar-refractivity contribution in [1.29, 1.82) is 0 Å². The molecule has 48 heavy (non-hydrogen) atoms. The number of carbonyl (C=O) groups excluding carboxylic acids is 2. The van der Waals surface area contributed by atoms with Gasteiger partial charge < -0.3 is 24.6 Å². The molecule has 0 spiro atoms. The molecular weight excluding hydrogens is 611 g/mol. The molecule has 1 aliphatic heterocycles. The monoisotopic (exact) mass is 652 g/mol. The molecule has 0 fully saturated rings. The Morgan fingerprint density at radius 3 is 2.27 bits per heavy atom. The van der Waals surface area contributed by atoms with E-state index in [2.05, 4.69) is 5.32 Å². The minimum Gasteiger partial charge on any atom is -0.494 e. The number of nitrogens with zero attached hydrogens (tertiary/aromatic N) is 1. The maximum absolute atomic E-state index is 14.4. The van der Waals surface area contributed by atoms with Crippen LogP contribution >= 0.6 is 0 Å². The van der Waals surface area contributed by atoms with E-state index >= 15 is 0 Å². The lowest BCUT2D eigenvalue weighted by molar-refractivity contribution is -0.155. The van der Waals surface area contributed by atoms with Crippen LogP contribution in [-0.2, 0) is 25.6 Å². The predicted molar refractivity (Wildman–Crippen MR) is 182 cm³/mol. The Morgan fingerprint density at radius 2 is 1.60 bits per heavy atom. The van der Waals surface area contributed by atoms with Crippen molar-refractivity contribution < 1.29 is 33.3 Å². The second kappa shape index (κ2) is 15.3. The lowest BCUT2D eigenvalue weighted by Crippen LogP contribution is -2.48. The van der Waals surface area contributed by atoms with Gasteiger partial charge in [0.1, 0.15) is 17.2 Å². The number of halogens is 1. The Hall–Kier alpha value is -5.02. The van der Waals surface area contributed by atoms with E-state index in [1.165, 1.54) is 12.1 Å². The van der Waals surface area contributed by atoms with Gasteiger partial charge in [-0.3, -0.25) is 9.59 Å². The maximum atomic E-state index is 14.4. The Balaban J connectivity index is 1.53. The van der Waals surface area contributed by atoms with Gasteiger partial charge in [0.25, 0.3) is 5.91 Å². The molecule has 0 aliphatic carbocycles. The molecule has 0 saturated carbocycles. The molecule has 9 heteroatoms. The number of carbonyl (C=O) groups is 2. The van der Waals surface area contributed by atoms with Crippen LogP contribution in [0.3, 0.4) is 0 Å². The summed E-state index contributed by atoms with van der Waals surface area (Å²) >= 11 is 0. The van der Waals surface area contributed by atoms with Crippen LogP contribution in [0.5, 0.6) is 5.75 Å². The molecule has 4 aromatic rings. The standard InChI is InChI=1S/C39H41FN2O6/c1-38(2,3)48-34(44)21-22-39(37(45)41-26-27-9-7-12-32(40)25-27)35(30-15-13-29(14-16-30)28-10-5-4-6-11-28)47-36(42-39)31-17-19-33(20-18-31)46-24-8-23-43/h4-7,9-20,25,35,43H,8,21-24,26H2,1-3H3,(H,41,45)/t35-,39-/m1/s1. The van der Waals surface area contributed by atoms with Gasteiger partial charge in [-0.1, -0.05) is 66.7 Å². The topological polar surface area (TPSA) is 106 Å². The Labute approximate surface area is 280 Å². The summed E-state index contributed by atoms with van der Waals surface area (Å²) in [7, 11) is 0.